The highest BCUT2D eigenvalue weighted by atomic mass is 19.2. The van der Waals surface area contributed by atoms with Crippen LogP contribution in [0, 0.1) is 23.4 Å². The van der Waals surface area contributed by atoms with Crippen molar-refractivity contribution in [3.05, 3.63) is 29.6 Å². The molecule has 0 bridgehead atoms. The number of amides is 1. The van der Waals surface area contributed by atoms with Crippen LogP contribution >= 0.6 is 0 Å². The molecule has 0 unspecified atom stereocenters. The summed E-state index contributed by atoms with van der Waals surface area (Å²) in [4.78, 5) is 11.7. The molecule has 0 spiro atoms. The summed E-state index contributed by atoms with van der Waals surface area (Å²) < 4.78 is 39.2. The molecule has 0 atom stereocenters. The first-order valence-corrected chi connectivity index (χ1v) is 7.51. The summed E-state index contributed by atoms with van der Waals surface area (Å²) in [5.41, 5.74) is -0.309. The normalized spacial score (nSPS) is 16.0. The lowest BCUT2D eigenvalue weighted by Gasteiger charge is -2.21. The maximum Gasteiger partial charge on any atom is 0.224 e. The third-order valence-electron chi connectivity index (χ3n) is 4.05. The van der Waals surface area contributed by atoms with Gasteiger partial charge in [0.1, 0.15) is 0 Å². The zero-order valence-corrected chi connectivity index (χ0v) is 11.9. The van der Waals surface area contributed by atoms with Gasteiger partial charge >= 0.3 is 0 Å². The maximum atomic E-state index is 13.4. The van der Waals surface area contributed by atoms with E-state index in [2.05, 4.69) is 5.32 Å². The molecule has 116 valence electrons. The third-order valence-corrected chi connectivity index (χ3v) is 4.05. The van der Waals surface area contributed by atoms with Crippen molar-refractivity contribution in [1.82, 2.24) is 0 Å². The molecule has 0 saturated heterocycles. The van der Waals surface area contributed by atoms with E-state index in [1.54, 1.807) is 0 Å². The van der Waals surface area contributed by atoms with E-state index in [1.807, 2.05) is 0 Å². The Morgan fingerprint density at radius 2 is 1.81 bits per heavy atom. The minimum absolute atomic E-state index is 0.273. The molecule has 1 aromatic rings. The van der Waals surface area contributed by atoms with Crippen molar-refractivity contribution in [3.63, 3.8) is 0 Å². The Bertz CT molecular complexity index is 499. The lowest BCUT2D eigenvalue weighted by atomic mass is 9.86. The number of anilines is 1. The number of hydrogen-bond donors (Lipinski definition) is 1. The van der Waals surface area contributed by atoms with Crippen molar-refractivity contribution < 1.29 is 18.0 Å². The monoisotopic (exact) mass is 299 g/mol. The van der Waals surface area contributed by atoms with E-state index in [9.17, 15) is 18.0 Å². The number of hydrogen-bond acceptors (Lipinski definition) is 1. The fraction of sp³-hybridized carbons (Fsp3) is 0.562. The highest BCUT2D eigenvalue weighted by Gasteiger charge is 2.16. The second-order valence-electron chi connectivity index (χ2n) is 5.67. The van der Waals surface area contributed by atoms with Gasteiger partial charge in [0.2, 0.25) is 5.91 Å². The highest BCUT2D eigenvalue weighted by Crippen LogP contribution is 2.28. The Morgan fingerprint density at radius 3 is 2.52 bits per heavy atom. The molecule has 0 heterocycles. The van der Waals surface area contributed by atoms with Gasteiger partial charge in [0.25, 0.3) is 0 Å². The zero-order chi connectivity index (χ0) is 15.2. The molecule has 0 aromatic heterocycles. The van der Waals surface area contributed by atoms with Gasteiger partial charge in [-0.2, -0.15) is 0 Å². The third kappa shape index (κ3) is 4.48. The zero-order valence-electron chi connectivity index (χ0n) is 11.9. The molecule has 0 radical (unpaired) electrons. The van der Waals surface area contributed by atoms with E-state index in [0.717, 1.165) is 25.0 Å². The Balaban J connectivity index is 1.78. The quantitative estimate of drug-likeness (QED) is 0.778. The molecule has 1 saturated carbocycles. The van der Waals surface area contributed by atoms with E-state index in [0.29, 0.717) is 5.92 Å². The lowest BCUT2D eigenvalue weighted by molar-refractivity contribution is -0.116. The van der Waals surface area contributed by atoms with Gasteiger partial charge in [-0.15, -0.1) is 0 Å². The number of carbonyl (C=O) groups is 1. The van der Waals surface area contributed by atoms with Crippen molar-refractivity contribution in [2.45, 2.75) is 51.4 Å². The molecule has 5 heteroatoms. The summed E-state index contributed by atoms with van der Waals surface area (Å²) in [5, 5.41) is 2.30. The summed E-state index contributed by atoms with van der Waals surface area (Å²) in [6.45, 7) is 0. The van der Waals surface area contributed by atoms with Crippen molar-refractivity contribution >= 4 is 11.6 Å². The maximum absolute atomic E-state index is 13.4. The molecule has 1 aromatic carbocycles. The molecular weight excluding hydrogens is 279 g/mol. The molecule has 0 aliphatic heterocycles. The van der Waals surface area contributed by atoms with Crippen molar-refractivity contribution in [2.75, 3.05) is 5.32 Å². The van der Waals surface area contributed by atoms with Crippen LogP contribution in [0.2, 0.25) is 0 Å². The second kappa shape index (κ2) is 7.48. The van der Waals surface area contributed by atoms with Crippen molar-refractivity contribution in [1.29, 1.82) is 0 Å². The molecule has 1 amide bonds. The van der Waals surface area contributed by atoms with Gasteiger partial charge in [-0.1, -0.05) is 32.1 Å². The van der Waals surface area contributed by atoms with E-state index in [1.165, 1.54) is 32.1 Å². The predicted octanol–water partition coefficient (Wildman–Crippen LogP) is 4.79. The van der Waals surface area contributed by atoms with Crippen LogP contribution in [-0.2, 0) is 4.79 Å². The minimum Gasteiger partial charge on any atom is -0.324 e. The van der Waals surface area contributed by atoms with Crippen LogP contribution in [0.4, 0.5) is 18.9 Å². The van der Waals surface area contributed by atoms with Crippen LogP contribution in [-0.4, -0.2) is 5.91 Å². The van der Waals surface area contributed by atoms with Gasteiger partial charge < -0.3 is 5.32 Å². The van der Waals surface area contributed by atoms with Gasteiger partial charge in [0.05, 0.1) is 5.69 Å². The molecule has 2 rings (SSSR count). The van der Waals surface area contributed by atoms with Gasteiger partial charge in [0, 0.05) is 6.42 Å². The lowest BCUT2D eigenvalue weighted by Crippen LogP contribution is -2.14. The Labute approximate surface area is 122 Å². The van der Waals surface area contributed by atoms with Crippen LogP contribution in [0.15, 0.2) is 12.1 Å². The first-order chi connectivity index (χ1) is 10.1. The van der Waals surface area contributed by atoms with Crippen molar-refractivity contribution in [2.24, 2.45) is 5.92 Å². The number of nitrogens with one attached hydrogen (secondary N) is 1. The Kier molecular flexibility index (Phi) is 5.65. The molecule has 1 aliphatic rings. The number of rotatable bonds is 5. The van der Waals surface area contributed by atoms with Crippen LogP contribution in [0.1, 0.15) is 51.4 Å². The number of carbonyl (C=O) groups excluding carboxylic acids is 1. The van der Waals surface area contributed by atoms with Gasteiger partial charge in [-0.25, -0.2) is 13.2 Å². The first kappa shape index (κ1) is 15.9. The fourth-order valence-electron chi connectivity index (χ4n) is 2.86. The van der Waals surface area contributed by atoms with E-state index < -0.39 is 17.5 Å². The van der Waals surface area contributed by atoms with E-state index in [4.69, 9.17) is 0 Å². The van der Waals surface area contributed by atoms with Crippen molar-refractivity contribution in [3.8, 4) is 0 Å². The highest BCUT2D eigenvalue weighted by molar-refractivity contribution is 5.90. The summed E-state index contributed by atoms with van der Waals surface area (Å²) in [6.07, 6.45) is 8.27. The SMILES string of the molecule is O=C(CCCC1CCCCC1)Nc1ccc(F)c(F)c1F. The summed E-state index contributed by atoms with van der Waals surface area (Å²) in [7, 11) is 0. The molecule has 21 heavy (non-hydrogen) atoms. The number of halogens is 3. The van der Waals surface area contributed by atoms with Gasteiger partial charge in [0.15, 0.2) is 17.5 Å². The van der Waals surface area contributed by atoms with E-state index in [-0.39, 0.29) is 18.0 Å². The standard InChI is InChI=1S/C16H20F3NO/c17-12-9-10-13(16(19)15(12)18)20-14(21)8-4-7-11-5-2-1-3-6-11/h9-11H,1-8H2,(H,20,21). The fourth-order valence-corrected chi connectivity index (χ4v) is 2.86. The average Bonchev–Trinajstić information content (AvgIpc) is 2.49. The van der Waals surface area contributed by atoms with Crippen LogP contribution in [0.25, 0.3) is 0 Å². The topological polar surface area (TPSA) is 29.1 Å². The van der Waals surface area contributed by atoms with Gasteiger partial charge in [-0.05, 0) is 30.9 Å². The summed E-state index contributed by atoms with van der Waals surface area (Å²) >= 11 is 0. The second-order valence-corrected chi connectivity index (χ2v) is 5.67. The van der Waals surface area contributed by atoms with Gasteiger partial charge in [-0.3, -0.25) is 4.79 Å². The van der Waals surface area contributed by atoms with Crippen LogP contribution in [0.5, 0.6) is 0 Å². The predicted molar refractivity (Wildman–Crippen MR) is 75.4 cm³/mol. The summed E-state index contributed by atoms with van der Waals surface area (Å²) in [5.74, 6) is -3.85. The van der Waals surface area contributed by atoms with E-state index >= 15 is 0 Å². The molecule has 2 nitrogen and oxygen atoms in total. The molecular formula is C16H20F3NO. The van der Waals surface area contributed by atoms with Crippen LogP contribution < -0.4 is 5.32 Å². The van der Waals surface area contributed by atoms with Crippen LogP contribution in [0.3, 0.4) is 0 Å². The largest absolute Gasteiger partial charge is 0.324 e. The molecule has 1 fully saturated rings. The Morgan fingerprint density at radius 1 is 1.10 bits per heavy atom. The molecule has 1 aliphatic carbocycles. The molecule has 1 N–H and O–H groups in total. The number of benzene rings is 1. The first-order valence-electron chi connectivity index (χ1n) is 7.51. The average molecular weight is 299 g/mol. The minimum atomic E-state index is -1.56. The smallest absolute Gasteiger partial charge is 0.224 e. The summed E-state index contributed by atoms with van der Waals surface area (Å²) in [6, 6.07) is 1.84. The Hall–Kier alpha value is -1.52.